The molecule has 0 heterocycles. The summed E-state index contributed by atoms with van der Waals surface area (Å²) in [4.78, 5) is 0. The van der Waals surface area contributed by atoms with Crippen LogP contribution >= 0.6 is 0 Å². The van der Waals surface area contributed by atoms with E-state index in [-0.39, 0.29) is 0 Å². The van der Waals surface area contributed by atoms with Gasteiger partial charge in [-0.25, -0.2) is 0 Å². The second-order valence-electron chi connectivity index (χ2n) is 6.57. The van der Waals surface area contributed by atoms with Crippen molar-refractivity contribution in [3.8, 4) is 0 Å². The molecule has 0 aliphatic heterocycles. The van der Waals surface area contributed by atoms with Gasteiger partial charge < -0.3 is 5.32 Å². The van der Waals surface area contributed by atoms with Crippen LogP contribution in [0, 0.1) is 11.8 Å². The zero-order valence-corrected chi connectivity index (χ0v) is 13.7. The lowest BCUT2D eigenvalue weighted by Crippen LogP contribution is -2.37. The molecule has 1 aliphatic rings. The van der Waals surface area contributed by atoms with Crippen molar-refractivity contribution in [2.24, 2.45) is 11.8 Å². The van der Waals surface area contributed by atoms with Crippen molar-refractivity contribution < 1.29 is 0 Å². The molecular weight excluding hydrogens is 230 g/mol. The monoisotopic (exact) mass is 267 g/mol. The van der Waals surface area contributed by atoms with Crippen LogP contribution in [0.1, 0.15) is 91.4 Å². The van der Waals surface area contributed by atoms with Crippen LogP contribution in [0.15, 0.2) is 0 Å². The minimum atomic E-state index is 0.796. The van der Waals surface area contributed by atoms with Crippen LogP contribution in [-0.4, -0.2) is 12.6 Å². The highest BCUT2D eigenvalue weighted by atomic mass is 14.9. The van der Waals surface area contributed by atoms with E-state index < -0.39 is 0 Å². The van der Waals surface area contributed by atoms with Crippen molar-refractivity contribution in [3.63, 3.8) is 0 Å². The van der Waals surface area contributed by atoms with Crippen LogP contribution in [-0.2, 0) is 0 Å². The number of hydrogen-bond acceptors (Lipinski definition) is 1. The zero-order chi connectivity index (χ0) is 13.9. The molecule has 0 amide bonds. The third-order valence-electron chi connectivity index (χ3n) is 5.07. The highest BCUT2D eigenvalue weighted by Crippen LogP contribution is 2.30. The molecule has 1 heteroatoms. The summed E-state index contributed by atoms with van der Waals surface area (Å²) in [5.41, 5.74) is 0. The van der Waals surface area contributed by atoms with Gasteiger partial charge in [-0.1, -0.05) is 72.1 Å². The molecular formula is C18H37N. The molecule has 0 aromatic heterocycles. The average molecular weight is 268 g/mol. The van der Waals surface area contributed by atoms with E-state index in [1.165, 1.54) is 70.6 Å². The van der Waals surface area contributed by atoms with Gasteiger partial charge in [-0.2, -0.15) is 0 Å². The quantitative estimate of drug-likeness (QED) is 0.541. The normalized spacial score (nSPS) is 21.0. The van der Waals surface area contributed by atoms with E-state index in [0.29, 0.717) is 0 Å². The molecule has 1 saturated carbocycles. The molecule has 2 atom stereocenters. The summed E-state index contributed by atoms with van der Waals surface area (Å²) >= 11 is 0. The van der Waals surface area contributed by atoms with E-state index in [1.807, 2.05) is 0 Å². The largest absolute Gasteiger partial charge is 0.314 e. The SMILES string of the molecule is CCCCC(CC)CC(NCC)C1CCCCCC1. The molecule has 0 saturated heterocycles. The molecule has 0 spiro atoms. The summed E-state index contributed by atoms with van der Waals surface area (Å²) in [6, 6.07) is 0.796. The Kier molecular flexibility index (Phi) is 9.59. The maximum Gasteiger partial charge on any atom is 0.00978 e. The molecule has 0 radical (unpaired) electrons. The summed E-state index contributed by atoms with van der Waals surface area (Å²) in [5.74, 6) is 1.91. The molecule has 1 fully saturated rings. The van der Waals surface area contributed by atoms with Gasteiger partial charge in [0, 0.05) is 6.04 Å². The lowest BCUT2D eigenvalue weighted by molar-refractivity contribution is 0.258. The van der Waals surface area contributed by atoms with Gasteiger partial charge in [-0.15, -0.1) is 0 Å². The highest BCUT2D eigenvalue weighted by Gasteiger charge is 2.24. The third kappa shape index (κ3) is 6.79. The van der Waals surface area contributed by atoms with E-state index in [9.17, 15) is 0 Å². The number of nitrogens with one attached hydrogen (secondary N) is 1. The van der Waals surface area contributed by atoms with Gasteiger partial charge in [0.2, 0.25) is 0 Å². The van der Waals surface area contributed by atoms with Crippen LogP contribution in [0.2, 0.25) is 0 Å². The van der Waals surface area contributed by atoms with E-state index in [1.54, 1.807) is 0 Å². The van der Waals surface area contributed by atoms with E-state index in [4.69, 9.17) is 0 Å². The topological polar surface area (TPSA) is 12.0 Å². The molecule has 0 aromatic carbocycles. The Morgan fingerprint density at radius 2 is 1.68 bits per heavy atom. The second-order valence-corrected chi connectivity index (χ2v) is 6.57. The first-order valence-electron chi connectivity index (χ1n) is 9.05. The predicted molar refractivity (Wildman–Crippen MR) is 86.6 cm³/mol. The third-order valence-corrected chi connectivity index (χ3v) is 5.07. The van der Waals surface area contributed by atoms with Gasteiger partial charge in [0.05, 0.1) is 0 Å². The van der Waals surface area contributed by atoms with Crippen LogP contribution in [0.5, 0.6) is 0 Å². The van der Waals surface area contributed by atoms with Gasteiger partial charge in [-0.05, 0) is 37.6 Å². The number of hydrogen-bond donors (Lipinski definition) is 1. The van der Waals surface area contributed by atoms with Crippen LogP contribution in [0.25, 0.3) is 0 Å². The van der Waals surface area contributed by atoms with Crippen molar-refractivity contribution in [2.75, 3.05) is 6.54 Å². The average Bonchev–Trinajstić information content (AvgIpc) is 2.71. The Labute approximate surface area is 121 Å². The highest BCUT2D eigenvalue weighted by molar-refractivity contribution is 4.80. The fourth-order valence-electron chi connectivity index (χ4n) is 3.76. The van der Waals surface area contributed by atoms with Gasteiger partial charge in [0.15, 0.2) is 0 Å². The molecule has 1 aliphatic carbocycles. The van der Waals surface area contributed by atoms with E-state index >= 15 is 0 Å². The molecule has 1 rings (SSSR count). The molecule has 0 bridgehead atoms. The lowest BCUT2D eigenvalue weighted by Gasteiger charge is -2.30. The van der Waals surface area contributed by atoms with Gasteiger partial charge >= 0.3 is 0 Å². The van der Waals surface area contributed by atoms with Crippen LogP contribution in [0.3, 0.4) is 0 Å². The Morgan fingerprint density at radius 1 is 1.00 bits per heavy atom. The zero-order valence-electron chi connectivity index (χ0n) is 13.7. The molecule has 1 nitrogen and oxygen atoms in total. The first-order valence-corrected chi connectivity index (χ1v) is 9.05. The first-order chi connectivity index (χ1) is 9.31. The summed E-state index contributed by atoms with van der Waals surface area (Å²) in [5, 5.41) is 3.82. The Morgan fingerprint density at radius 3 is 2.21 bits per heavy atom. The maximum atomic E-state index is 3.82. The maximum absolute atomic E-state index is 3.82. The van der Waals surface area contributed by atoms with Crippen molar-refractivity contribution in [1.82, 2.24) is 5.32 Å². The number of unbranched alkanes of at least 4 members (excludes halogenated alkanes) is 1. The van der Waals surface area contributed by atoms with E-state index in [0.717, 1.165) is 24.4 Å². The Balaban J connectivity index is 2.48. The lowest BCUT2D eigenvalue weighted by atomic mass is 9.83. The molecule has 19 heavy (non-hydrogen) atoms. The van der Waals surface area contributed by atoms with E-state index in [2.05, 4.69) is 26.1 Å². The minimum Gasteiger partial charge on any atom is -0.314 e. The first kappa shape index (κ1) is 17.0. The molecule has 2 unspecified atom stereocenters. The van der Waals surface area contributed by atoms with Gasteiger partial charge in [-0.3, -0.25) is 0 Å². The Hall–Kier alpha value is -0.0400. The molecule has 1 N–H and O–H groups in total. The minimum absolute atomic E-state index is 0.796. The summed E-state index contributed by atoms with van der Waals surface area (Å²) in [6.07, 6.45) is 15.9. The second kappa shape index (κ2) is 10.7. The van der Waals surface area contributed by atoms with Crippen molar-refractivity contribution >= 4 is 0 Å². The standard InChI is InChI=1S/C18H37N/c1-4-7-12-16(5-2)15-18(19-6-3)17-13-10-8-9-11-14-17/h16-19H,4-15H2,1-3H3. The van der Waals surface area contributed by atoms with Crippen molar-refractivity contribution in [3.05, 3.63) is 0 Å². The van der Waals surface area contributed by atoms with Gasteiger partial charge in [0.25, 0.3) is 0 Å². The predicted octanol–water partition coefficient (Wildman–Crippen LogP) is 5.54. The summed E-state index contributed by atoms with van der Waals surface area (Å²) < 4.78 is 0. The smallest absolute Gasteiger partial charge is 0.00978 e. The fourth-order valence-corrected chi connectivity index (χ4v) is 3.76. The molecule has 0 aromatic rings. The van der Waals surface area contributed by atoms with Crippen molar-refractivity contribution in [2.45, 2.75) is 97.4 Å². The van der Waals surface area contributed by atoms with Crippen LogP contribution in [0.4, 0.5) is 0 Å². The molecule has 114 valence electrons. The number of rotatable bonds is 9. The van der Waals surface area contributed by atoms with Crippen molar-refractivity contribution in [1.29, 1.82) is 0 Å². The summed E-state index contributed by atoms with van der Waals surface area (Å²) in [6.45, 7) is 8.12. The van der Waals surface area contributed by atoms with Crippen LogP contribution < -0.4 is 5.32 Å². The van der Waals surface area contributed by atoms with Gasteiger partial charge in [0.1, 0.15) is 0 Å². The summed E-state index contributed by atoms with van der Waals surface area (Å²) in [7, 11) is 0. The Bertz CT molecular complexity index is 194. The fraction of sp³-hybridized carbons (Fsp3) is 1.00.